The van der Waals surface area contributed by atoms with Gasteiger partial charge < -0.3 is 14.2 Å². The third-order valence-electron chi connectivity index (χ3n) is 3.00. The first-order chi connectivity index (χ1) is 7.02. The molecule has 2 atom stereocenters. The standard InChI is InChI=1S/C11H18O4/c1-11(2)14-9(6-13-3)10(15-11)7-4-8(12)5-7/h7,9-10H,4-6H2,1-3H3/t9-,10+/m0/s1. The molecular weight excluding hydrogens is 196 g/mol. The minimum atomic E-state index is -0.549. The molecule has 1 saturated heterocycles. The van der Waals surface area contributed by atoms with Gasteiger partial charge >= 0.3 is 0 Å². The van der Waals surface area contributed by atoms with Crippen molar-refractivity contribution < 1.29 is 19.0 Å². The summed E-state index contributed by atoms with van der Waals surface area (Å²) in [7, 11) is 1.65. The predicted octanol–water partition coefficient (Wildman–Crippen LogP) is 1.13. The fourth-order valence-corrected chi connectivity index (χ4v) is 2.31. The van der Waals surface area contributed by atoms with Crippen LogP contribution < -0.4 is 0 Å². The summed E-state index contributed by atoms with van der Waals surface area (Å²) in [6.45, 7) is 4.32. The van der Waals surface area contributed by atoms with E-state index in [1.165, 1.54) is 0 Å². The van der Waals surface area contributed by atoms with Gasteiger partial charge in [0.1, 0.15) is 11.9 Å². The highest BCUT2D eigenvalue weighted by molar-refractivity contribution is 5.84. The van der Waals surface area contributed by atoms with Gasteiger partial charge in [-0.05, 0) is 13.8 Å². The van der Waals surface area contributed by atoms with Gasteiger partial charge in [0.2, 0.25) is 0 Å². The second-order valence-corrected chi connectivity index (χ2v) is 4.80. The van der Waals surface area contributed by atoms with Crippen molar-refractivity contribution in [3.8, 4) is 0 Å². The van der Waals surface area contributed by atoms with Gasteiger partial charge in [-0.25, -0.2) is 0 Å². The summed E-state index contributed by atoms with van der Waals surface area (Å²) in [5, 5.41) is 0. The Hall–Kier alpha value is -0.450. The summed E-state index contributed by atoms with van der Waals surface area (Å²) in [6.07, 6.45) is 1.23. The lowest BCUT2D eigenvalue weighted by Gasteiger charge is -2.31. The maximum absolute atomic E-state index is 11.0. The zero-order valence-corrected chi connectivity index (χ0v) is 9.49. The number of methoxy groups -OCH3 is 1. The Balaban J connectivity index is 1.98. The van der Waals surface area contributed by atoms with Crippen LogP contribution in [0.3, 0.4) is 0 Å². The predicted molar refractivity (Wildman–Crippen MR) is 53.4 cm³/mol. The maximum atomic E-state index is 11.0. The average Bonchev–Trinajstić information content (AvgIpc) is 2.36. The first-order valence-electron chi connectivity index (χ1n) is 5.38. The van der Waals surface area contributed by atoms with Crippen LogP contribution in [0.2, 0.25) is 0 Å². The molecule has 86 valence electrons. The van der Waals surface area contributed by atoms with Gasteiger partial charge in [-0.3, -0.25) is 4.79 Å². The molecule has 2 rings (SSSR count). The van der Waals surface area contributed by atoms with Gasteiger partial charge in [0.15, 0.2) is 5.79 Å². The molecule has 0 aromatic rings. The van der Waals surface area contributed by atoms with Crippen LogP contribution in [0.5, 0.6) is 0 Å². The van der Waals surface area contributed by atoms with Crippen molar-refractivity contribution in [3.63, 3.8) is 0 Å². The van der Waals surface area contributed by atoms with Crippen molar-refractivity contribution in [2.24, 2.45) is 5.92 Å². The molecule has 1 aliphatic heterocycles. The molecule has 4 nitrogen and oxygen atoms in total. The molecule has 2 fully saturated rings. The van der Waals surface area contributed by atoms with E-state index in [1.807, 2.05) is 13.8 Å². The second-order valence-electron chi connectivity index (χ2n) is 4.80. The van der Waals surface area contributed by atoms with Gasteiger partial charge in [0.05, 0.1) is 12.7 Å². The Morgan fingerprint density at radius 3 is 2.60 bits per heavy atom. The molecule has 4 heteroatoms. The fourth-order valence-electron chi connectivity index (χ4n) is 2.31. The van der Waals surface area contributed by atoms with E-state index >= 15 is 0 Å². The topological polar surface area (TPSA) is 44.8 Å². The van der Waals surface area contributed by atoms with Crippen LogP contribution in [0, 0.1) is 5.92 Å². The van der Waals surface area contributed by atoms with E-state index in [9.17, 15) is 4.79 Å². The monoisotopic (exact) mass is 214 g/mol. The highest BCUT2D eigenvalue weighted by Crippen LogP contribution is 2.39. The molecule has 0 aromatic heterocycles. The van der Waals surface area contributed by atoms with Crippen LogP contribution in [-0.2, 0) is 19.0 Å². The fraction of sp³-hybridized carbons (Fsp3) is 0.909. The lowest BCUT2D eigenvalue weighted by Crippen LogP contribution is -2.41. The zero-order chi connectivity index (χ0) is 11.1. The molecule has 0 unspecified atom stereocenters. The van der Waals surface area contributed by atoms with Crippen molar-refractivity contribution in [1.29, 1.82) is 0 Å². The number of ketones is 1. The van der Waals surface area contributed by atoms with Crippen molar-refractivity contribution in [3.05, 3.63) is 0 Å². The van der Waals surface area contributed by atoms with Crippen molar-refractivity contribution in [1.82, 2.24) is 0 Å². The highest BCUT2D eigenvalue weighted by atomic mass is 16.8. The molecule has 0 amide bonds. The summed E-state index contributed by atoms with van der Waals surface area (Å²) in [6, 6.07) is 0. The third kappa shape index (κ3) is 2.22. The van der Waals surface area contributed by atoms with Crippen molar-refractivity contribution in [2.45, 2.75) is 44.7 Å². The Kier molecular flexibility index (Phi) is 2.83. The van der Waals surface area contributed by atoms with E-state index in [2.05, 4.69) is 0 Å². The zero-order valence-electron chi connectivity index (χ0n) is 9.49. The lowest BCUT2D eigenvalue weighted by atomic mass is 9.78. The van der Waals surface area contributed by atoms with Gasteiger partial charge in [-0.2, -0.15) is 0 Å². The lowest BCUT2D eigenvalue weighted by molar-refractivity contribution is -0.158. The summed E-state index contributed by atoms with van der Waals surface area (Å²) in [5.74, 6) is 0.0934. The third-order valence-corrected chi connectivity index (χ3v) is 3.00. The smallest absolute Gasteiger partial charge is 0.163 e. The number of rotatable bonds is 3. The Morgan fingerprint density at radius 2 is 2.07 bits per heavy atom. The molecular formula is C11H18O4. The number of carbonyl (C=O) groups excluding carboxylic acids is 1. The Labute approximate surface area is 89.9 Å². The molecule has 0 radical (unpaired) electrons. The molecule has 0 bridgehead atoms. The molecule has 1 aliphatic carbocycles. The SMILES string of the molecule is COC[C@@H]1OC(C)(C)O[C@@H]1C1CC(=O)C1. The molecule has 0 spiro atoms. The van der Waals surface area contributed by atoms with Crippen LogP contribution in [0.15, 0.2) is 0 Å². The van der Waals surface area contributed by atoms with E-state index in [1.54, 1.807) is 7.11 Å². The molecule has 15 heavy (non-hydrogen) atoms. The molecule has 0 N–H and O–H groups in total. The van der Waals surface area contributed by atoms with Gasteiger partial charge in [-0.1, -0.05) is 0 Å². The number of hydrogen-bond acceptors (Lipinski definition) is 4. The van der Waals surface area contributed by atoms with Crippen LogP contribution in [-0.4, -0.2) is 37.5 Å². The van der Waals surface area contributed by atoms with Gasteiger partial charge in [0, 0.05) is 25.9 Å². The van der Waals surface area contributed by atoms with E-state index < -0.39 is 5.79 Å². The van der Waals surface area contributed by atoms with E-state index in [4.69, 9.17) is 14.2 Å². The summed E-state index contributed by atoms with van der Waals surface area (Å²) in [5.41, 5.74) is 0. The van der Waals surface area contributed by atoms with E-state index in [0.29, 0.717) is 31.1 Å². The van der Waals surface area contributed by atoms with Crippen molar-refractivity contribution >= 4 is 5.78 Å². The molecule has 1 saturated carbocycles. The highest BCUT2D eigenvalue weighted by Gasteiger charge is 2.48. The normalized spacial score (nSPS) is 35.5. The largest absolute Gasteiger partial charge is 0.382 e. The van der Waals surface area contributed by atoms with Gasteiger partial charge in [-0.15, -0.1) is 0 Å². The summed E-state index contributed by atoms with van der Waals surface area (Å²) in [4.78, 5) is 11.0. The van der Waals surface area contributed by atoms with Crippen LogP contribution >= 0.6 is 0 Å². The summed E-state index contributed by atoms with van der Waals surface area (Å²) < 4.78 is 16.7. The Bertz CT molecular complexity index is 253. The molecule has 2 aliphatic rings. The average molecular weight is 214 g/mol. The number of ether oxygens (including phenoxy) is 3. The number of carbonyl (C=O) groups is 1. The van der Waals surface area contributed by atoms with Gasteiger partial charge in [0.25, 0.3) is 0 Å². The Morgan fingerprint density at radius 1 is 1.40 bits per heavy atom. The van der Waals surface area contributed by atoms with E-state index in [-0.39, 0.29) is 12.2 Å². The minimum absolute atomic E-state index is 0.0117. The van der Waals surface area contributed by atoms with Crippen LogP contribution in [0.4, 0.5) is 0 Å². The minimum Gasteiger partial charge on any atom is -0.382 e. The quantitative estimate of drug-likeness (QED) is 0.706. The van der Waals surface area contributed by atoms with E-state index in [0.717, 1.165) is 0 Å². The number of hydrogen-bond donors (Lipinski definition) is 0. The number of Topliss-reactive ketones (excluding diaryl/α,β-unsaturated/α-hetero) is 1. The first kappa shape index (κ1) is 11.0. The second kappa shape index (κ2) is 3.85. The first-order valence-corrected chi connectivity index (χ1v) is 5.38. The van der Waals surface area contributed by atoms with Crippen LogP contribution in [0.25, 0.3) is 0 Å². The summed E-state index contributed by atoms with van der Waals surface area (Å²) >= 11 is 0. The van der Waals surface area contributed by atoms with Crippen molar-refractivity contribution in [2.75, 3.05) is 13.7 Å². The maximum Gasteiger partial charge on any atom is 0.163 e. The van der Waals surface area contributed by atoms with Crippen LogP contribution in [0.1, 0.15) is 26.7 Å². The molecule has 1 heterocycles. The molecule has 0 aromatic carbocycles.